The number of unbranched alkanes of at least 4 members (excludes halogenated alkanes) is 3. The molecule has 0 fully saturated rings. The summed E-state index contributed by atoms with van der Waals surface area (Å²) in [5.74, 6) is 0.996. The summed E-state index contributed by atoms with van der Waals surface area (Å²) in [7, 11) is 1.53. The van der Waals surface area contributed by atoms with Crippen molar-refractivity contribution < 1.29 is 33.7 Å². The zero-order chi connectivity index (χ0) is 38.7. The van der Waals surface area contributed by atoms with Crippen molar-refractivity contribution in [2.45, 2.75) is 79.8 Å². The van der Waals surface area contributed by atoms with Gasteiger partial charge in [0.1, 0.15) is 24.4 Å². The van der Waals surface area contributed by atoms with Crippen LogP contribution in [-0.4, -0.2) is 69.0 Å². The van der Waals surface area contributed by atoms with Gasteiger partial charge >= 0.3 is 12.0 Å². The summed E-state index contributed by atoms with van der Waals surface area (Å²) in [6.45, 7) is 11.6. The van der Waals surface area contributed by atoms with Gasteiger partial charge in [-0.25, -0.2) is 14.6 Å². The molecule has 1 heterocycles. The lowest BCUT2D eigenvalue weighted by molar-refractivity contribution is -0.122. The fourth-order valence-corrected chi connectivity index (χ4v) is 6.33. The van der Waals surface area contributed by atoms with E-state index in [2.05, 4.69) is 22.3 Å². The van der Waals surface area contributed by atoms with Crippen LogP contribution in [0.4, 0.5) is 16.2 Å². The number of phenols is 1. The van der Waals surface area contributed by atoms with E-state index in [1.807, 2.05) is 45.9 Å². The molecule has 0 aliphatic rings. The molecule has 4 rings (SSSR count). The first-order valence-electron chi connectivity index (χ1n) is 17.6. The van der Waals surface area contributed by atoms with Crippen molar-refractivity contribution in [3.63, 3.8) is 0 Å². The Balaban J connectivity index is 1.48. The van der Waals surface area contributed by atoms with Gasteiger partial charge in [0.05, 0.1) is 16.4 Å². The molecule has 4 aromatic rings. The topological polar surface area (TPSA) is 145 Å². The predicted molar refractivity (Wildman–Crippen MR) is 209 cm³/mol. The van der Waals surface area contributed by atoms with Gasteiger partial charge in [-0.1, -0.05) is 68.5 Å². The van der Waals surface area contributed by atoms with E-state index in [1.54, 1.807) is 36.9 Å². The Morgan fingerprint density at radius 2 is 1.68 bits per heavy atom. The molecule has 12 nitrogen and oxygen atoms in total. The van der Waals surface area contributed by atoms with Crippen molar-refractivity contribution in [1.82, 2.24) is 14.8 Å². The fraction of sp³-hybridized carbons (Fsp3) is 0.410. The average molecular weight is 766 g/mol. The molecule has 1 aromatic heterocycles. The Morgan fingerprint density at radius 1 is 0.962 bits per heavy atom. The molecule has 2 N–H and O–H groups in total. The molecule has 0 radical (unpaired) electrons. The van der Waals surface area contributed by atoms with E-state index < -0.39 is 24.0 Å². The molecule has 284 valence electrons. The lowest BCUT2D eigenvalue weighted by Crippen LogP contribution is -2.32. The number of nitrogens with zero attached hydrogens (tertiary/aromatic N) is 4. The normalized spacial score (nSPS) is 11.5. The zero-order valence-electron chi connectivity index (χ0n) is 31.3. The summed E-state index contributed by atoms with van der Waals surface area (Å²) in [5, 5.41) is 17.7. The number of benzene rings is 3. The third kappa shape index (κ3) is 10.9. The zero-order valence-corrected chi connectivity index (χ0v) is 32.9. The molecule has 0 aliphatic heterocycles. The maximum Gasteiger partial charge on any atom is 0.378 e. The number of carbonyl (C=O) groups excluding carboxylic acids is 3. The number of carbonyl (C=O) groups is 3. The third-order valence-corrected chi connectivity index (χ3v) is 9.91. The number of hydrogen-bond acceptors (Lipinski definition) is 10. The van der Waals surface area contributed by atoms with Gasteiger partial charge in [-0.15, -0.1) is 5.10 Å². The first-order chi connectivity index (χ1) is 25.3. The highest BCUT2D eigenvalue weighted by Crippen LogP contribution is 2.43. The van der Waals surface area contributed by atoms with Gasteiger partial charge in [0.15, 0.2) is 17.6 Å². The maximum atomic E-state index is 13.6. The van der Waals surface area contributed by atoms with Gasteiger partial charge in [0.25, 0.3) is 11.7 Å². The number of aryl methyl sites for hydroxylation is 3. The first kappa shape index (κ1) is 41.0. The number of thioether (sulfide) groups is 1. The Hall–Kier alpha value is -4.75. The highest BCUT2D eigenvalue weighted by atomic mass is 35.5. The van der Waals surface area contributed by atoms with Crippen molar-refractivity contribution in [1.29, 1.82) is 0 Å². The molecule has 3 aromatic carbocycles. The molecule has 0 spiro atoms. The minimum Gasteiger partial charge on any atom is -0.504 e. The van der Waals surface area contributed by atoms with E-state index in [0.29, 0.717) is 29.2 Å². The summed E-state index contributed by atoms with van der Waals surface area (Å²) in [6, 6.07) is 11.8. The highest BCUT2D eigenvalue weighted by molar-refractivity contribution is 7.99. The van der Waals surface area contributed by atoms with Crippen LogP contribution in [0.5, 0.6) is 23.0 Å². The maximum absolute atomic E-state index is 13.6. The van der Waals surface area contributed by atoms with Gasteiger partial charge < -0.3 is 24.6 Å². The van der Waals surface area contributed by atoms with Crippen LogP contribution in [0.3, 0.4) is 0 Å². The Kier molecular flexibility index (Phi) is 15.0. The smallest absolute Gasteiger partial charge is 0.378 e. The number of phenolic OH excluding ortho intramolecular Hbond substituents is 1. The summed E-state index contributed by atoms with van der Waals surface area (Å²) < 4.78 is 18.6. The molecule has 14 heteroatoms. The number of hydrogen-bond donors (Lipinski definition) is 2. The molecule has 0 bridgehead atoms. The summed E-state index contributed by atoms with van der Waals surface area (Å²) in [6.07, 6.45) is 5.39. The molecule has 0 saturated heterocycles. The van der Waals surface area contributed by atoms with E-state index in [9.17, 15) is 19.5 Å². The largest absolute Gasteiger partial charge is 0.504 e. The van der Waals surface area contributed by atoms with Gasteiger partial charge in [-0.05, 0) is 75.6 Å². The van der Waals surface area contributed by atoms with E-state index in [4.69, 9.17) is 25.8 Å². The number of nitrogens with one attached hydrogen (secondary N) is 1. The first-order valence-corrected chi connectivity index (χ1v) is 19.2. The SMILES string of the molecule is CCCCCCSCCOC(=O)c1ncn(C(=O)N(C)c2cc(C)ccc2Oc2cc(NC(=O)C(CC)Oc3ccc(C)cc3C)c(O)c(Cl)c2C)n1. The number of anilines is 2. The minimum atomic E-state index is -0.855. The minimum absolute atomic E-state index is 0.0214. The summed E-state index contributed by atoms with van der Waals surface area (Å²) >= 11 is 8.26. The van der Waals surface area contributed by atoms with Crippen LogP contribution >= 0.6 is 23.4 Å². The summed E-state index contributed by atoms with van der Waals surface area (Å²) in [4.78, 5) is 44.8. The monoisotopic (exact) mass is 765 g/mol. The highest BCUT2D eigenvalue weighted by Gasteiger charge is 2.25. The molecule has 1 atom stereocenters. The van der Waals surface area contributed by atoms with Crippen molar-refractivity contribution in [2.24, 2.45) is 0 Å². The standard InChI is InChI=1S/C39H48ClN5O7S/c1-8-10-11-12-18-53-19-17-50-38(48)36-41-23-45(43-36)39(49)44(7)29-21-25(4)14-16-32(29)52-33-22-28(35(46)34(40)27(33)6)42-37(47)30(9-2)51-31-15-13-24(3)20-26(31)5/h13-16,20-23,30,46H,8-12,17-19H2,1-7H3,(H,42,47). The lowest BCUT2D eigenvalue weighted by Gasteiger charge is -2.22. The van der Waals surface area contributed by atoms with E-state index in [0.717, 1.165) is 39.9 Å². The lowest BCUT2D eigenvalue weighted by atomic mass is 10.1. The van der Waals surface area contributed by atoms with Crippen LogP contribution in [-0.2, 0) is 9.53 Å². The van der Waals surface area contributed by atoms with Crippen molar-refractivity contribution in [2.75, 3.05) is 35.4 Å². The van der Waals surface area contributed by atoms with Crippen LogP contribution in [0, 0.1) is 27.7 Å². The Bertz CT molecular complexity index is 1920. The van der Waals surface area contributed by atoms with Crippen LogP contribution in [0.15, 0.2) is 48.8 Å². The second-order valence-electron chi connectivity index (χ2n) is 12.7. The van der Waals surface area contributed by atoms with E-state index in [1.165, 1.54) is 37.3 Å². The molecular formula is C39H48ClN5O7S. The van der Waals surface area contributed by atoms with Crippen LogP contribution in [0.2, 0.25) is 5.02 Å². The fourth-order valence-electron chi connectivity index (χ4n) is 5.32. The molecule has 2 amide bonds. The number of aromatic hydroxyl groups is 1. The Morgan fingerprint density at radius 3 is 2.38 bits per heavy atom. The van der Waals surface area contributed by atoms with E-state index >= 15 is 0 Å². The van der Waals surface area contributed by atoms with Crippen molar-refractivity contribution in [3.05, 3.63) is 81.9 Å². The van der Waals surface area contributed by atoms with Gasteiger partial charge in [0, 0.05) is 24.4 Å². The Labute approximate surface area is 320 Å². The number of halogens is 1. The van der Waals surface area contributed by atoms with E-state index in [-0.39, 0.29) is 40.4 Å². The number of amides is 2. The number of aromatic nitrogens is 3. The van der Waals surface area contributed by atoms with Crippen molar-refractivity contribution in [3.8, 4) is 23.0 Å². The van der Waals surface area contributed by atoms with Crippen molar-refractivity contribution >= 4 is 52.6 Å². The number of rotatable bonds is 17. The number of ether oxygens (including phenoxy) is 3. The molecular weight excluding hydrogens is 718 g/mol. The van der Waals surface area contributed by atoms with Crippen LogP contribution in [0.25, 0.3) is 0 Å². The quantitative estimate of drug-likeness (QED) is 0.0607. The average Bonchev–Trinajstić information content (AvgIpc) is 3.64. The van der Waals surface area contributed by atoms with Gasteiger partial charge in [-0.2, -0.15) is 16.4 Å². The second kappa shape index (κ2) is 19.4. The predicted octanol–water partition coefficient (Wildman–Crippen LogP) is 9.03. The van der Waals surface area contributed by atoms with Gasteiger partial charge in [0.2, 0.25) is 0 Å². The molecule has 53 heavy (non-hydrogen) atoms. The third-order valence-electron chi connectivity index (χ3n) is 8.41. The molecule has 1 unspecified atom stereocenters. The number of esters is 1. The second-order valence-corrected chi connectivity index (χ2v) is 14.3. The molecule has 0 saturated carbocycles. The van der Waals surface area contributed by atoms with Crippen LogP contribution in [0.1, 0.15) is 78.8 Å². The molecule has 0 aliphatic carbocycles. The van der Waals surface area contributed by atoms with Crippen LogP contribution < -0.4 is 19.7 Å². The van der Waals surface area contributed by atoms with Gasteiger partial charge in [-0.3, -0.25) is 9.69 Å². The summed E-state index contributed by atoms with van der Waals surface area (Å²) in [5.41, 5.74) is 3.59.